The Morgan fingerprint density at radius 3 is 2.39 bits per heavy atom. The normalized spacial score (nSPS) is 13.4. The van der Waals surface area contributed by atoms with E-state index in [9.17, 15) is 18.0 Å². The molecule has 0 spiro atoms. The first-order chi connectivity index (χ1) is 17.0. The molecule has 4 rings (SSSR count). The van der Waals surface area contributed by atoms with E-state index in [1.807, 2.05) is 35.8 Å². The van der Waals surface area contributed by atoms with Gasteiger partial charge in [-0.2, -0.15) is 23.1 Å². The molecule has 0 aliphatic carbocycles. The Bertz CT molecular complexity index is 1360. The summed E-state index contributed by atoms with van der Waals surface area (Å²) in [5, 5.41) is 7.12. The van der Waals surface area contributed by atoms with Gasteiger partial charge in [0.15, 0.2) is 11.2 Å². The Morgan fingerprint density at radius 2 is 1.81 bits per heavy atom. The maximum absolute atomic E-state index is 13.2. The molecule has 12 heteroatoms. The van der Waals surface area contributed by atoms with E-state index in [1.165, 1.54) is 11.0 Å². The quantitative estimate of drug-likeness (QED) is 0.537. The van der Waals surface area contributed by atoms with Crippen LogP contribution in [0.2, 0.25) is 0 Å². The van der Waals surface area contributed by atoms with Crippen molar-refractivity contribution in [2.75, 3.05) is 18.0 Å². The van der Waals surface area contributed by atoms with Gasteiger partial charge in [0, 0.05) is 20.1 Å². The minimum Gasteiger partial charge on any atom is -0.475 e. The number of nitrogens with zero attached hydrogens (tertiary/aromatic N) is 5. The van der Waals surface area contributed by atoms with Crippen LogP contribution < -0.4 is 15.2 Å². The number of aromatic nitrogens is 4. The highest BCUT2D eigenvalue weighted by Gasteiger charge is 2.38. The number of carbonyl (C=O) groups is 1. The maximum Gasteiger partial charge on any atom is 0.490 e. The lowest BCUT2D eigenvalue weighted by Crippen LogP contribution is -2.32. The van der Waals surface area contributed by atoms with Gasteiger partial charge >= 0.3 is 18.2 Å². The van der Waals surface area contributed by atoms with Gasteiger partial charge < -0.3 is 14.7 Å². The minimum absolute atomic E-state index is 0.188. The number of fused-ring (bicyclic) bond motifs is 1. The van der Waals surface area contributed by atoms with Crippen molar-refractivity contribution in [1.82, 2.24) is 19.1 Å². The van der Waals surface area contributed by atoms with Crippen LogP contribution in [-0.4, -0.2) is 49.4 Å². The number of hydrogen-bond acceptors (Lipinski definition) is 6. The van der Waals surface area contributed by atoms with Crippen molar-refractivity contribution in [3.05, 3.63) is 40.2 Å². The summed E-state index contributed by atoms with van der Waals surface area (Å²) < 4.78 is 41.0. The molecule has 0 unspecified atom stereocenters. The molecule has 1 fully saturated rings. The van der Waals surface area contributed by atoms with Crippen LogP contribution in [0.25, 0.3) is 11.2 Å². The second-order valence-electron chi connectivity index (χ2n) is 8.07. The summed E-state index contributed by atoms with van der Waals surface area (Å²) >= 11 is 0. The molecule has 0 amide bonds. The number of carboxylic acids is 1. The van der Waals surface area contributed by atoms with E-state index >= 15 is 0 Å². The van der Waals surface area contributed by atoms with Crippen LogP contribution in [0.3, 0.4) is 0 Å². The lowest BCUT2D eigenvalue weighted by molar-refractivity contribution is -0.192. The third-order valence-electron chi connectivity index (χ3n) is 5.51. The van der Waals surface area contributed by atoms with E-state index in [2.05, 4.69) is 21.7 Å². The largest absolute Gasteiger partial charge is 0.490 e. The molecular formula is C24H26F3N5O4. The van der Waals surface area contributed by atoms with Crippen LogP contribution in [0.1, 0.15) is 31.7 Å². The summed E-state index contributed by atoms with van der Waals surface area (Å²) in [6.07, 6.45) is -1.62. The fourth-order valence-electron chi connectivity index (χ4n) is 3.63. The Labute approximate surface area is 205 Å². The van der Waals surface area contributed by atoms with Gasteiger partial charge in [0.05, 0.1) is 6.54 Å². The van der Waals surface area contributed by atoms with Crippen LogP contribution in [0.5, 0.6) is 11.8 Å². The molecular weight excluding hydrogens is 479 g/mol. The molecule has 3 aromatic rings. The smallest absolute Gasteiger partial charge is 0.475 e. The number of hydrogen-bond donors (Lipinski definition) is 1. The van der Waals surface area contributed by atoms with Crippen LogP contribution in [0.4, 0.5) is 19.1 Å². The predicted octanol–water partition coefficient (Wildman–Crippen LogP) is 3.88. The van der Waals surface area contributed by atoms with Crippen LogP contribution in [-0.2, 0) is 18.4 Å². The lowest BCUT2D eigenvalue weighted by Gasteiger charge is -2.27. The van der Waals surface area contributed by atoms with Crippen molar-refractivity contribution >= 4 is 23.1 Å². The van der Waals surface area contributed by atoms with Gasteiger partial charge in [-0.3, -0.25) is 13.9 Å². The van der Waals surface area contributed by atoms with Gasteiger partial charge in [0.1, 0.15) is 5.75 Å². The Hall–Kier alpha value is -4.01. The van der Waals surface area contributed by atoms with E-state index in [0.717, 1.165) is 37.4 Å². The number of anilines is 1. The molecule has 1 aliphatic rings. The van der Waals surface area contributed by atoms with E-state index < -0.39 is 12.1 Å². The lowest BCUT2D eigenvalue weighted by atomic mass is 10.1. The summed E-state index contributed by atoms with van der Waals surface area (Å²) in [4.78, 5) is 33.7. The number of rotatable bonds is 4. The number of halogens is 3. The van der Waals surface area contributed by atoms with Gasteiger partial charge in [-0.05, 0) is 44.7 Å². The highest BCUT2D eigenvalue weighted by atomic mass is 19.4. The Morgan fingerprint density at radius 1 is 1.17 bits per heavy atom. The number of aliphatic carboxylic acids is 1. The van der Waals surface area contributed by atoms with Gasteiger partial charge in [-0.1, -0.05) is 24.1 Å². The average Bonchev–Trinajstić information content (AvgIpc) is 3.21. The molecule has 0 atom stereocenters. The fourth-order valence-corrected chi connectivity index (χ4v) is 3.63. The number of aryl methyl sites for hydroxylation is 1. The molecule has 0 saturated carbocycles. The van der Waals surface area contributed by atoms with Crippen LogP contribution in [0.15, 0.2) is 29.1 Å². The molecule has 1 N–H and O–H groups in total. The maximum atomic E-state index is 13.2. The first-order valence-electron chi connectivity index (χ1n) is 11.2. The molecule has 0 bridgehead atoms. The molecule has 36 heavy (non-hydrogen) atoms. The van der Waals surface area contributed by atoms with Gasteiger partial charge in [0.25, 0.3) is 5.56 Å². The zero-order valence-electron chi connectivity index (χ0n) is 20.1. The molecule has 3 heterocycles. The van der Waals surface area contributed by atoms with Gasteiger partial charge in [0.2, 0.25) is 5.95 Å². The van der Waals surface area contributed by atoms with Crippen LogP contribution >= 0.6 is 0 Å². The Kier molecular flexibility index (Phi) is 8.24. The predicted molar refractivity (Wildman–Crippen MR) is 127 cm³/mol. The average molecular weight is 505 g/mol. The highest BCUT2D eigenvalue weighted by Crippen LogP contribution is 2.26. The van der Waals surface area contributed by atoms with E-state index in [4.69, 9.17) is 19.6 Å². The number of piperidine rings is 1. The Balaban J connectivity index is 0.000000454. The number of imidazole rings is 1. The fraction of sp³-hybridized carbons (Fsp3) is 0.417. The third kappa shape index (κ3) is 5.97. The molecule has 0 radical (unpaired) electrons. The molecule has 1 saturated heterocycles. The second kappa shape index (κ2) is 11.2. The number of ether oxygens (including phenoxy) is 1. The first kappa shape index (κ1) is 26.6. The van der Waals surface area contributed by atoms with Crippen molar-refractivity contribution in [3.63, 3.8) is 0 Å². The molecule has 1 aromatic carbocycles. The van der Waals surface area contributed by atoms with Crippen molar-refractivity contribution in [2.24, 2.45) is 7.05 Å². The number of benzene rings is 1. The van der Waals surface area contributed by atoms with Crippen molar-refractivity contribution in [2.45, 2.75) is 45.8 Å². The van der Waals surface area contributed by atoms with E-state index in [1.54, 1.807) is 14.0 Å². The zero-order valence-corrected chi connectivity index (χ0v) is 20.1. The minimum atomic E-state index is -5.08. The molecule has 2 aromatic heterocycles. The van der Waals surface area contributed by atoms with Crippen molar-refractivity contribution in [3.8, 4) is 23.6 Å². The van der Waals surface area contributed by atoms with E-state index in [-0.39, 0.29) is 11.6 Å². The van der Waals surface area contributed by atoms with Crippen molar-refractivity contribution < 1.29 is 27.8 Å². The number of carboxylic acid groups (broad SMARTS) is 1. The number of alkyl halides is 3. The second-order valence-corrected chi connectivity index (χ2v) is 8.07. The van der Waals surface area contributed by atoms with E-state index in [0.29, 0.717) is 23.5 Å². The molecule has 192 valence electrons. The zero-order chi connectivity index (χ0) is 26.5. The molecule has 1 aliphatic heterocycles. The standard InChI is InChI=1S/C22H25N5O2.C2HF3O2/c1-4-5-15-27-18-19(23-21(27)26-13-9-6-10-14-26)24-22(25(3)20(18)28)29-17-12-8-7-11-16(17)2;3-2(4,5)1(6)7/h7-8,11-12H,6,9-10,13-15H2,1-3H3;(H,6,7). The van der Waals surface area contributed by atoms with Gasteiger partial charge in [-0.15, -0.1) is 5.92 Å². The summed E-state index contributed by atoms with van der Waals surface area (Å²) in [6, 6.07) is 7.89. The molecule has 9 nitrogen and oxygen atoms in total. The first-order valence-corrected chi connectivity index (χ1v) is 11.2. The summed E-state index contributed by atoms with van der Waals surface area (Å²) in [5.41, 5.74) is 1.65. The topological polar surface area (TPSA) is 102 Å². The highest BCUT2D eigenvalue weighted by molar-refractivity contribution is 5.75. The SMILES string of the molecule is CC#CCn1c(N2CCCCC2)nc2nc(Oc3ccccc3C)n(C)c(=O)c21.O=C(O)C(F)(F)F. The summed E-state index contributed by atoms with van der Waals surface area (Å²) in [6.45, 7) is 6.02. The van der Waals surface area contributed by atoms with Gasteiger partial charge in [-0.25, -0.2) is 4.79 Å². The van der Waals surface area contributed by atoms with Crippen LogP contribution in [0, 0.1) is 18.8 Å². The third-order valence-corrected chi connectivity index (χ3v) is 5.51. The summed E-state index contributed by atoms with van der Waals surface area (Å²) in [5.74, 6) is 4.66. The monoisotopic (exact) mass is 505 g/mol. The summed E-state index contributed by atoms with van der Waals surface area (Å²) in [7, 11) is 1.67. The number of para-hydroxylation sites is 1. The van der Waals surface area contributed by atoms with Crippen molar-refractivity contribution in [1.29, 1.82) is 0 Å².